The second-order valence-electron chi connectivity index (χ2n) is 5.71. The first-order valence-corrected chi connectivity index (χ1v) is 7.50. The van der Waals surface area contributed by atoms with Gasteiger partial charge in [-0.2, -0.15) is 4.98 Å². The number of aromatic nitrogens is 3. The lowest BCUT2D eigenvalue weighted by molar-refractivity contribution is 0.425. The average molecular weight is 300 g/mol. The fraction of sp³-hybridized carbons (Fsp3) is 0.438. The van der Waals surface area contributed by atoms with Gasteiger partial charge in [-0.05, 0) is 40.1 Å². The van der Waals surface area contributed by atoms with E-state index >= 15 is 0 Å². The molecule has 0 aliphatic heterocycles. The normalized spacial score (nSPS) is 11.0. The van der Waals surface area contributed by atoms with E-state index in [9.17, 15) is 0 Å². The summed E-state index contributed by atoms with van der Waals surface area (Å²) < 4.78 is 0. The van der Waals surface area contributed by atoms with Gasteiger partial charge in [-0.3, -0.25) is 4.98 Å². The summed E-state index contributed by atoms with van der Waals surface area (Å²) in [5.74, 6) is 1.42. The van der Waals surface area contributed by atoms with Crippen molar-refractivity contribution < 1.29 is 0 Å². The van der Waals surface area contributed by atoms with Gasteiger partial charge in [0.25, 0.3) is 0 Å². The van der Waals surface area contributed by atoms with Crippen molar-refractivity contribution in [2.45, 2.75) is 19.9 Å². The summed E-state index contributed by atoms with van der Waals surface area (Å²) in [6.07, 6.45) is 1.77. The first-order chi connectivity index (χ1) is 10.5. The van der Waals surface area contributed by atoms with Crippen LogP contribution in [-0.2, 0) is 0 Å². The third-order valence-corrected chi connectivity index (χ3v) is 2.93. The summed E-state index contributed by atoms with van der Waals surface area (Å²) in [4.78, 5) is 15.6. The highest BCUT2D eigenvalue weighted by molar-refractivity contribution is 5.61. The Morgan fingerprint density at radius 3 is 2.59 bits per heavy atom. The van der Waals surface area contributed by atoms with Gasteiger partial charge in [0, 0.05) is 31.4 Å². The Morgan fingerprint density at radius 2 is 1.95 bits per heavy atom. The molecule has 0 atom stereocenters. The number of anilines is 2. The molecule has 2 rings (SSSR count). The minimum absolute atomic E-state index is 0.307. The summed E-state index contributed by atoms with van der Waals surface area (Å²) >= 11 is 0. The first kappa shape index (κ1) is 16.2. The number of hydrogen-bond donors (Lipinski definition) is 2. The Labute approximate surface area is 132 Å². The van der Waals surface area contributed by atoms with Crippen LogP contribution in [0, 0.1) is 0 Å². The van der Waals surface area contributed by atoms with Crippen LogP contribution in [0.25, 0.3) is 11.4 Å². The highest BCUT2D eigenvalue weighted by atomic mass is 15.2. The number of nitrogens with one attached hydrogen (secondary N) is 2. The monoisotopic (exact) mass is 300 g/mol. The molecule has 0 unspecified atom stereocenters. The molecule has 0 saturated heterocycles. The van der Waals surface area contributed by atoms with Crippen LogP contribution in [-0.4, -0.2) is 53.1 Å². The van der Waals surface area contributed by atoms with Gasteiger partial charge >= 0.3 is 0 Å². The molecule has 0 radical (unpaired) electrons. The molecular weight excluding hydrogens is 276 g/mol. The van der Waals surface area contributed by atoms with Gasteiger partial charge in [0.15, 0.2) is 0 Å². The van der Waals surface area contributed by atoms with Crippen molar-refractivity contribution in [3.8, 4) is 11.4 Å². The minimum atomic E-state index is 0.307. The predicted octanol–water partition coefficient (Wildman–Crippen LogP) is 2.33. The van der Waals surface area contributed by atoms with Crippen molar-refractivity contribution in [2.24, 2.45) is 0 Å². The summed E-state index contributed by atoms with van der Waals surface area (Å²) in [5, 5.41) is 6.59. The number of nitrogens with zero attached hydrogens (tertiary/aromatic N) is 4. The molecule has 0 aliphatic carbocycles. The molecule has 0 saturated carbocycles. The van der Waals surface area contributed by atoms with Crippen LogP contribution < -0.4 is 10.6 Å². The van der Waals surface area contributed by atoms with Crippen molar-refractivity contribution in [1.29, 1.82) is 0 Å². The third kappa shape index (κ3) is 4.96. The van der Waals surface area contributed by atoms with Crippen LogP contribution in [0.3, 0.4) is 0 Å². The molecule has 2 N–H and O–H groups in total. The standard InChI is InChI=1S/C16H24N6/c1-12(2)19-15-11-14(13-7-5-6-8-17-13)20-16(21-15)18-9-10-22(3)4/h5-8,11-12H,9-10H2,1-4H3,(H2,18,19,20,21). The highest BCUT2D eigenvalue weighted by Crippen LogP contribution is 2.19. The second-order valence-corrected chi connectivity index (χ2v) is 5.71. The Kier molecular flexibility index (Phi) is 5.66. The summed E-state index contributed by atoms with van der Waals surface area (Å²) in [5.41, 5.74) is 1.65. The molecule has 0 fully saturated rings. The summed E-state index contributed by atoms with van der Waals surface area (Å²) in [6.45, 7) is 5.88. The largest absolute Gasteiger partial charge is 0.368 e. The maximum absolute atomic E-state index is 4.56. The van der Waals surface area contributed by atoms with Crippen molar-refractivity contribution in [1.82, 2.24) is 19.9 Å². The quantitative estimate of drug-likeness (QED) is 0.818. The number of hydrogen-bond acceptors (Lipinski definition) is 6. The number of likely N-dealkylation sites (N-methyl/N-ethyl adjacent to an activating group) is 1. The van der Waals surface area contributed by atoms with Crippen molar-refractivity contribution >= 4 is 11.8 Å². The smallest absolute Gasteiger partial charge is 0.225 e. The minimum Gasteiger partial charge on any atom is -0.368 e. The van der Waals surface area contributed by atoms with E-state index in [2.05, 4.69) is 44.3 Å². The Balaban J connectivity index is 2.24. The maximum atomic E-state index is 4.56. The average Bonchev–Trinajstić information content (AvgIpc) is 2.47. The molecular formula is C16H24N6. The molecule has 22 heavy (non-hydrogen) atoms. The van der Waals surface area contributed by atoms with Gasteiger partial charge in [0.05, 0.1) is 11.4 Å². The van der Waals surface area contributed by atoms with Crippen LogP contribution >= 0.6 is 0 Å². The molecule has 6 heteroatoms. The molecule has 0 spiro atoms. The van der Waals surface area contributed by atoms with E-state index < -0.39 is 0 Å². The zero-order valence-corrected chi connectivity index (χ0v) is 13.7. The van der Waals surface area contributed by atoms with Crippen LogP contribution in [0.2, 0.25) is 0 Å². The van der Waals surface area contributed by atoms with E-state index in [1.165, 1.54) is 0 Å². The van der Waals surface area contributed by atoms with Crippen molar-refractivity contribution in [2.75, 3.05) is 37.8 Å². The van der Waals surface area contributed by atoms with Crippen LogP contribution in [0.5, 0.6) is 0 Å². The number of rotatable bonds is 7. The van der Waals surface area contributed by atoms with Gasteiger partial charge in [-0.1, -0.05) is 6.07 Å². The second kappa shape index (κ2) is 7.70. The van der Waals surface area contributed by atoms with Crippen molar-refractivity contribution in [3.63, 3.8) is 0 Å². The van der Waals surface area contributed by atoms with Gasteiger partial charge in [-0.15, -0.1) is 0 Å². The van der Waals surface area contributed by atoms with E-state index in [4.69, 9.17) is 0 Å². The predicted molar refractivity (Wildman–Crippen MR) is 91.1 cm³/mol. The topological polar surface area (TPSA) is 66.0 Å². The highest BCUT2D eigenvalue weighted by Gasteiger charge is 2.08. The van der Waals surface area contributed by atoms with Crippen LogP contribution in [0.1, 0.15) is 13.8 Å². The molecule has 0 bridgehead atoms. The molecule has 0 aromatic carbocycles. The SMILES string of the molecule is CC(C)Nc1cc(-c2ccccn2)nc(NCCN(C)C)n1. The van der Waals surface area contributed by atoms with Gasteiger partial charge in [-0.25, -0.2) is 4.98 Å². The Bertz CT molecular complexity index is 582. The zero-order chi connectivity index (χ0) is 15.9. The summed E-state index contributed by atoms with van der Waals surface area (Å²) in [6, 6.07) is 8.04. The van der Waals surface area contributed by atoms with E-state index in [-0.39, 0.29) is 0 Å². The molecule has 6 nitrogen and oxygen atoms in total. The maximum Gasteiger partial charge on any atom is 0.225 e. The third-order valence-electron chi connectivity index (χ3n) is 2.93. The van der Waals surface area contributed by atoms with E-state index in [0.29, 0.717) is 12.0 Å². The Morgan fingerprint density at radius 1 is 1.14 bits per heavy atom. The Hall–Kier alpha value is -2.21. The number of pyridine rings is 1. The summed E-state index contributed by atoms with van der Waals surface area (Å²) in [7, 11) is 4.08. The first-order valence-electron chi connectivity index (χ1n) is 7.50. The fourth-order valence-corrected chi connectivity index (χ4v) is 1.93. The van der Waals surface area contributed by atoms with E-state index in [1.54, 1.807) is 6.20 Å². The van der Waals surface area contributed by atoms with Gasteiger partial charge in [0.2, 0.25) is 5.95 Å². The lowest BCUT2D eigenvalue weighted by atomic mass is 10.2. The molecule has 0 amide bonds. The molecule has 118 valence electrons. The lowest BCUT2D eigenvalue weighted by Gasteiger charge is -2.14. The fourth-order valence-electron chi connectivity index (χ4n) is 1.93. The molecule has 2 heterocycles. The van der Waals surface area contributed by atoms with E-state index in [0.717, 1.165) is 30.3 Å². The molecule has 2 aromatic rings. The van der Waals surface area contributed by atoms with E-state index in [1.807, 2.05) is 38.4 Å². The molecule has 0 aliphatic rings. The van der Waals surface area contributed by atoms with Gasteiger partial charge < -0.3 is 15.5 Å². The lowest BCUT2D eigenvalue weighted by Crippen LogP contribution is -2.22. The van der Waals surface area contributed by atoms with Gasteiger partial charge in [0.1, 0.15) is 5.82 Å². The molecule has 2 aromatic heterocycles. The van der Waals surface area contributed by atoms with Crippen LogP contribution in [0.15, 0.2) is 30.5 Å². The van der Waals surface area contributed by atoms with Crippen molar-refractivity contribution in [3.05, 3.63) is 30.5 Å². The van der Waals surface area contributed by atoms with Crippen LogP contribution in [0.4, 0.5) is 11.8 Å². The zero-order valence-electron chi connectivity index (χ0n) is 13.7.